The summed E-state index contributed by atoms with van der Waals surface area (Å²) in [6.45, 7) is 1.75. The van der Waals surface area contributed by atoms with Crippen LogP contribution in [-0.2, 0) is 4.79 Å². The van der Waals surface area contributed by atoms with Crippen molar-refractivity contribution >= 4 is 17.4 Å². The molecule has 5 heteroatoms. The molecular formula is C17H15F2NO2. The minimum atomic E-state index is -0.441. The molecule has 0 saturated heterocycles. The average Bonchev–Trinajstić information content (AvgIpc) is 2.49. The van der Waals surface area contributed by atoms with E-state index >= 15 is 0 Å². The smallest absolute Gasteiger partial charge is 0.224 e. The van der Waals surface area contributed by atoms with E-state index in [1.807, 2.05) is 0 Å². The SMILES string of the molecule is Cc1ccc(F)cc1NC(=O)CCC(=O)c1ccc(F)cc1. The first kappa shape index (κ1) is 15.8. The van der Waals surface area contributed by atoms with Crippen LogP contribution in [0.2, 0.25) is 0 Å². The quantitative estimate of drug-likeness (QED) is 0.852. The Kier molecular flexibility index (Phi) is 4.99. The topological polar surface area (TPSA) is 46.2 Å². The van der Waals surface area contributed by atoms with E-state index in [9.17, 15) is 18.4 Å². The zero-order valence-electron chi connectivity index (χ0n) is 12.0. The number of carbonyl (C=O) groups is 2. The summed E-state index contributed by atoms with van der Waals surface area (Å²) in [7, 11) is 0. The van der Waals surface area contributed by atoms with Crippen molar-refractivity contribution in [2.75, 3.05) is 5.32 Å². The third-order valence-electron chi connectivity index (χ3n) is 3.22. The normalized spacial score (nSPS) is 10.3. The van der Waals surface area contributed by atoms with Crippen molar-refractivity contribution < 1.29 is 18.4 Å². The fraction of sp³-hybridized carbons (Fsp3) is 0.176. The zero-order chi connectivity index (χ0) is 16.1. The Morgan fingerprint density at radius 1 is 0.955 bits per heavy atom. The Bertz CT molecular complexity index is 696. The molecule has 0 aliphatic rings. The molecule has 3 nitrogen and oxygen atoms in total. The van der Waals surface area contributed by atoms with Crippen LogP contribution in [0.5, 0.6) is 0 Å². The third kappa shape index (κ3) is 4.22. The summed E-state index contributed by atoms with van der Waals surface area (Å²) in [5.74, 6) is -1.48. The second-order valence-corrected chi connectivity index (χ2v) is 4.94. The van der Waals surface area contributed by atoms with Crippen molar-refractivity contribution in [3.63, 3.8) is 0 Å². The molecule has 0 aromatic heterocycles. The fourth-order valence-electron chi connectivity index (χ4n) is 1.95. The third-order valence-corrected chi connectivity index (χ3v) is 3.22. The highest BCUT2D eigenvalue weighted by molar-refractivity contribution is 6.00. The van der Waals surface area contributed by atoms with Crippen molar-refractivity contribution in [1.29, 1.82) is 0 Å². The fourth-order valence-corrected chi connectivity index (χ4v) is 1.95. The molecule has 2 rings (SSSR count). The van der Waals surface area contributed by atoms with Crippen molar-refractivity contribution in [2.45, 2.75) is 19.8 Å². The molecule has 0 aliphatic carbocycles. The number of nitrogens with one attached hydrogen (secondary N) is 1. The predicted molar refractivity (Wildman–Crippen MR) is 79.7 cm³/mol. The van der Waals surface area contributed by atoms with Crippen molar-refractivity contribution in [2.24, 2.45) is 0 Å². The average molecular weight is 303 g/mol. The number of carbonyl (C=O) groups excluding carboxylic acids is 2. The van der Waals surface area contributed by atoms with Gasteiger partial charge >= 0.3 is 0 Å². The molecular weight excluding hydrogens is 288 g/mol. The molecule has 0 heterocycles. The molecule has 0 bridgehead atoms. The molecule has 114 valence electrons. The van der Waals surface area contributed by atoms with Crippen LogP contribution in [0.4, 0.5) is 14.5 Å². The van der Waals surface area contributed by atoms with Crippen LogP contribution in [0.15, 0.2) is 42.5 Å². The highest BCUT2D eigenvalue weighted by Gasteiger charge is 2.11. The molecule has 2 aromatic rings. The predicted octanol–water partition coefficient (Wildman–Crippen LogP) is 3.87. The minimum absolute atomic E-state index is 0.00578. The number of benzene rings is 2. The number of anilines is 1. The standard InChI is InChI=1S/C17H15F2NO2/c1-11-2-5-14(19)10-15(11)20-17(22)9-8-16(21)12-3-6-13(18)7-4-12/h2-7,10H,8-9H2,1H3,(H,20,22). The van der Waals surface area contributed by atoms with E-state index < -0.39 is 11.6 Å². The summed E-state index contributed by atoms with van der Waals surface area (Å²) in [5.41, 5.74) is 1.48. The summed E-state index contributed by atoms with van der Waals surface area (Å²) in [5, 5.41) is 2.58. The van der Waals surface area contributed by atoms with Crippen LogP contribution in [0.1, 0.15) is 28.8 Å². The van der Waals surface area contributed by atoms with Gasteiger partial charge in [0.2, 0.25) is 5.91 Å². The van der Waals surface area contributed by atoms with Gasteiger partial charge in [-0.15, -0.1) is 0 Å². The first-order valence-corrected chi connectivity index (χ1v) is 6.80. The van der Waals surface area contributed by atoms with E-state index in [1.54, 1.807) is 13.0 Å². The van der Waals surface area contributed by atoms with Crippen LogP contribution in [-0.4, -0.2) is 11.7 Å². The molecule has 0 unspecified atom stereocenters. The largest absolute Gasteiger partial charge is 0.326 e. The summed E-state index contributed by atoms with van der Waals surface area (Å²) < 4.78 is 25.9. The van der Waals surface area contributed by atoms with Gasteiger partial charge in [0.1, 0.15) is 11.6 Å². The van der Waals surface area contributed by atoms with E-state index in [2.05, 4.69) is 5.32 Å². The van der Waals surface area contributed by atoms with Crippen LogP contribution in [0.25, 0.3) is 0 Å². The second kappa shape index (κ2) is 6.93. The summed E-state index contributed by atoms with van der Waals surface area (Å²) in [4.78, 5) is 23.7. The second-order valence-electron chi connectivity index (χ2n) is 4.94. The molecule has 1 N–H and O–H groups in total. The summed E-state index contributed by atoms with van der Waals surface area (Å²) in [6, 6.07) is 9.26. The first-order chi connectivity index (χ1) is 10.5. The molecule has 0 atom stereocenters. The maximum Gasteiger partial charge on any atom is 0.224 e. The van der Waals surface area contributed by atoms with Crippen LogP contribution < -0.4 is 5.32 Å². The van der Waals surface area contributed by atoms with Crippen LogP contribution >= 0.6 is 0 Å². The Morgan fingerprint density at radius 2 is 1.59 bits per heavy atom. The van der Waals surface area contributed by atoms with Gasteiger partial charge in [-0.1, -0.05) is 6.07 Å². The van der Waals surface area contributed by atoms with Crippen molar-refractivity contribution in [1.82, 2.24) is 0 Å². The van der Waals surface area contributed by atoms with E-state index in [0.29, 0.717) is 11.3 Å². The van der Waals surface area contributed by atoms with E-state index in [0.717, 1.165) is 5.56 Å². The summed E-state index contributed by atoms with van der Waals surface area (Å²) >= 11 is 0. The number of amides is 1. The van der Waals surface area contributed by atoms with Crippen molar-refractivity contribution in [3.05, 3.63) is 65.2 Å². The lowest BCUT2D eigenvalue weighted by atomic mass is 10.1. The number of halogens is 2. The number of Topliss-reactive ketones (excluding diaryl/α,β-unsaturated/α-hetero) is 1. The molecule has 1 amide bonds. The highest BCUT2D eigenvalue weighted by atomic mass is 19.1. The van der Waals surface area contributed by atoms with E-state index in [4.69, 9.17) is 0 Å². The zero-order valence-corrected chi connectivity index (χ0v) is 12.0. The van der Waals surface area contributed by atoms with Gasteiger partial charge in [-0.3, -0.25) is 9.59 Å². The summed E-state index contributed by atoms with van der Waals surface area (Å²) in [6.07, 6.45) is -0.0159. The number of rotatable bonds is 5. The van der Waals surface area contributed by atoms with Gasteiger partial charge < -0.3 is 5.32 Å². The Morgan fingerprint density at radius 3 is 2.27 bits per heavy atom. The van der Waals surface area contributed by atoms with Crippen LogP contribution in [0.3, 0.4) is 0 Å². The van der Waals surface area contributed by atoms with Crippen molar-refractivity contribution in [3.8, 4) is 0 Å². The molecule has 0 fully saturated rings. The lowest BCUT2D eigenvalue weighted by molar-refractivity contribution is -0.116. The van der Waals surface area contributed by atoms with Crippen LogP contribution in [0, 0.1) is 18.6 Å². The molecule has 22 heavy (non-hydrogen) atoms. The monoisotopic (exact) mass is 303 g/mol. The Balaban J connectivity index is 1.91. The lowest BCUT2D eigenvalue weighted by Gasteiger charge is -2.08. The van der Waals surface area contributed by atoms with E-state index in [-0.39, 0.29) is 24.5 Å². The molecule has 0 aliphatic heterocycles. The molecule has 0 spiro atoms. The number of ketones is 1. The van der Waals surface area contributed by atoms with E-state index in [1.165, 1.54) is 36.4 Å². The van der Waals surface area contributed by atoms with Gasteiger partial charge in [-0.25, -0.2) is 8.78 Å². The number of hydrogen-bond donors (Lipinski definition) is 1. The van der Waals surface area contributed by atoms with Gasteiger partial charge in [0.05, 0.1) is 0 Å². The maximum atomic E-state index is 13.1. The van der Waals surface area contributed by atoms with Gasteiger partial charge in [0, 0.05) is 24.1 Å². The van der Waals surface area contributed by atoms with Gasteiger partial charge in [0.25, 0.3) is 0 Å². The maximum absolute atomic E-state index is 13.1. The lowest BCUT2D eigenvalue weighted by Crippen LogP contribution is -2.14. The number of hydrogen-bond acceptors (Lipinski definition) is 2. The Hall–Kier alpha value is -2.56. The molecule has 0 saturated carbocycles. The molecule has 0 radical (unpaired) electrons. The highest BCUT2D eigenvalue weighted by Crippen LogP contribution is 2.16. The Labute approximate surface area is 127 Å². The minimum Gasteiger partial charge on any atom is -0.326 e. The van der Waals surface area contributed by atoms with Gasteiger partial charge in [0.15, 0.2) is 5.78 Å². The molecule has 2 aromatic carbocycles. The number of aryl methyl sites for hydroxylation is 1. The van der Waals surface area contributed by atoms with Gasteiger partial charge in [-0.2, -0.15) is 0 Å². The first-order valence-electron chi connectivity index (χ1n) is 6.80. The van der Waals surface area contributed by atoms with Gasteiger partial charge in [-0.05, 0) is 48.9 Å².